The first-order chi connectivity index (χ1) is 10.4. The number of ether oxygens (including phenoxy) is 2. The maximum atomic E-state index is 12.2. The number of urea groups is 1. The molecular formula is C15H26N2O5. The SMILES string of the molecule is COC(=O)C1CCN(C(=O)NC(CC(C)C)C(=O)OC)CC1. The van der Waals surface area contributed by atoms with E-state index in [1.807, 2.05) is 13.8 Å². The van der Waals surface area contributed by atoms with Crippen LogP contribution in [0.2, 0.25) is 0 Å². The average molecular weight is 314 g/mol. The Hall–Kier alpha value is -1.79. The molecule has 0 radical (unpaired) electrons. The van der Waals surface area contributed by atoms with Gasteiger partial charge in [0.25, 0.3) is 0 Å². The van der Waals surface area contributed by atoms with Crippen LogP contribution >= 0.6 is 0 Å². The molecule has 0 saturated carbocycles. The van der Waals surface area contributed by atoms with Crippen LogP contribution in [0.25, 0.3) is 0 Å². The topological polar surface area (TPSA) is 84.9 Å². The largest absolute Gasteiger partial charge is 0.469 e. The highest BCUT2D eigenvalue weighted by atomic mass is 16.5. The highest BCUT2D eigenvalue weighted by Gasteiger charge is 2.30. The van der Waals surface area contributed by atoms with Gasteiger partial charge in [-0.3, -0.25) is 4.79 Å². The second-order valence-electron chi connectivity index (χ2n) is 5.94. The predicted octanol–water partition coefficient (Wildman–Crippen LogP) is 1.17. The summed E-state index contributed by atoms with van der Waals surface area (Å²) in [5.41, 5.74) is 0. The summed E-state index contributed by atoms with van der Waals surface area (Å²) < 4.78 is 9.45. The van der Waals surface area contributed by atoms with E-state index >= 15 is 0 Å². The van der Waals surface area contributed by atoms with E-state index in [9.17, 15) is 14.4 Å². The van der Waals surface area contributed by atoms with Crippen molar-refractivity contribution in [1.82, 2.24) is 10.2 Å². The van der Waals surface area contributed by atoms with E-state index in [-0.39, 0.29) is 23.8 Å². The predicted molar refractivity (Wildman–Crippen MR) is 80.1 cm³/mol. The molecule has 0 spiro atoms. The summed E-state index contributed by atoms with van der Waals surface area (Å²) >= 11 is 0. The molecule has 22 heavy (non-hydrogen) atoms. The molecule has 1 aliphatic rings. The fraction of sp³-hybridized carbons (Fsp3) is 0.800. The van der Waals surface area contributed by atoms with E-state index in [1.54, 1.807) is 4.90 Å². The molecule has 1 fully saturated rings. The molecule has 7 heteroatoms. The lowest BCUT2D eigenvalue weighted by molar-refractivity contribution is -0.146. The smallest absolute Gasteiger partial charge is 0.328 e. The first kappa shape index (κ1) is 18.3. The van der Waals surface area contributed by atoms with Crippen LogP contribution in [0, 0.1) is 11.8 Å². The maximum absolute atomic E-state index is 12.2. The molecule has 0 aliphatic carbocycles. The summed E-state index contributed by atoms with van der Waals surface area (Å²) in [7, 11) is 2.68. The molecule has 0 aromatic heterocycles. The number of carbonyl (C=O) groups excluding carboxylic acids is 3. The van der Waals surface area contributed by atoms with Gasteiger partial charge in [0, 0.05) is 13.1 Å². The van der Waals surface area contributed by atoms with E-state index in [0.717, 1.165) is 0 Å². The van der Waals surface area contributed by atoms with E-state index in [2.05, 4.69) is 5.32 Å². The minimum Gasteiger partial charge on any atom is -0.469 e. The minimum absolute atomic E-state index is 0.152. The van der Waals surface area contributed by atoms with Gasteiger partial charge in [0.15, 0.2) is 0 Å². The van der Waals surface area contributed by atoms with Gasteiger partial charge >= 0.3 is 18.0 Å². The third kappa shape index (κ3) is 5.20. The molecule has 1 heterocycles. The number of piperidine rings is 1. The molecule has 2 amide bonds. The molecule has 1 atom stereocenters. The Labute approximate surface area is 131 Å². The number of rotatable bonds is 5. The Kier molecular flexibility index (Phi) is 7.14. The van der Waals surface area contributed by atoms with Crippen LogP contribution in [0.3, 0.4) is 0 Å². The zero-order valence-electron chi connectivity index (χ0n) is 13.8. The molecule has 0 aromatic rings. The molecule has 0 bridgehead atoms. The average Bonchev–Trinajstić information content (AvgIpc) is 2.52. The third-order valence-corrected chi connectivity index (χ3v) is 3.81. The first-order valence-electron chi connectivity index (χ1n) is 7.60. The summed E-state index contributed by atoms with van der Waals surface area (Å²) in [6.07, 6.45) is 1.68. The van der Waals surface area contributed by atoms with Crippen molar-refractivity contribution in [2.45, 2.75) is 39.2 Å². The lowest BCUT2D eigenvalue weighted by atomic mass is 9.97. The molecule has 1 unspecified atom stereocenters. The first-order valence-corrected chi connectivity index (χ1v) is 7.60. The molecule has 7 nitrogen and oxygen atoms in total. The van der Waals surface area contributed by atoms with Crippen molar-refractivity contribution in [2.24, 2.45) is 11.8 Å². The van der Waals surface area contributed by atoms with Crippen molar-refractivity contribution in [3.8, 4) is 0 Å². The highest BCUT2D eigenvalue weighted by molar-refractivity contribution is 5.83. The molecule has 1 rings (SSSR count). The number of methoxy groups -OCH3 is 2. The van der Waals surface area contributed by atoms with Crippen molar-refractivity contribution in [2.75, 3.05) is 27.3 Å². The number of nitrogens with zero attached hydrogens (tertiary/aromatic N) is 1. The summed E-state index contributed by atoms with van der Waals surface area (Å²) in [6.45, 7) is 4.90. The number of carbonyl (C=O) groups is 3. The molecule has 1 saturated heterocycles. The van der Waals surface area contributed by atoms with E-state index in [1.165, 1.54) is 14.2 Å². The number of nitrogens with one attached hydrogen (secondary N) is 1. The molecular weight excluding hydrogens is 288 g/mol. The van der Waals surface area contributed by atoms with Crippen LogP contribution in [0.1, 0.15) is 33.1 Å². The summed E-state index contributed by atoms with van der Waals surface area (Å²) in [4.78, 5) is 37.1. The van der Waals surface area contributed by atoms with Crippen LogP contribution in [0.15, 0.2) is 0 Å². The number of hydrogen-bond acceptors (Lipinski definition) is 5. The number of hydrogen-bond donors (Lipinski definition) is 1. The van der Waals surface area contributed by atoms with Crippen molar-refractivity contribution in [1.29, 1.82) is 0 Å². The van der Waals surface area contributed by atoms with Crippen molar-refractivity contribution >= 4 is 18.0 Å². The van der Waals surface area contributed by atoms with Crippen molar-refractivity contribution in [3.05, 3.63) is 0 Å². The highest BCUT2D eigenvalue weighted by Crippen LogP contribution is 2.18. The molecule has 0 aromatic carbocycles. The third-order valence-electron chi connectivity index (χ3n) is 3.81. The quantitative estimate of drug-likeness (QED) is 0.770. The van der Waals surface area contributed by atoms with Crippen LogP contribution in [-0.2, 0) is 19.1 Å². The van der Waals surface area contributed by atoms with E-state index in [0.29, 0.717) is 32.4 Å². The van der Waals surface area contributed by atoms with Crippen LogP contribution < -0.4 is 5.32 Å². The maximum Gasteiger partial charge on any atom is 0.328 e. The molecule has 1 N–H and O–H groups in total. The van der Waals surface area contributed by atoms with Crippen LogP contribution in [-0.4, -0.2) is 56.2 Å². The fourth-order valence-corrected chi connectivity index (χ4v) is 2.55. The summed E-state index contributed by atoms with van der Waals surface area (Å²) in [5, 5.41) is 2.72. The van der Waals surface area contributed by atoms with E-state index in [4.69, 9.17) is 9.47 Å². The van der Waals surface area contributed by atoms with Gasteiger partial charge in [-0.1, -0.05) is 13.8 Å². The van der Waals surface area contributed by atoms with Gasteiger partial charge in [-0.2, -0.15) is 0 Å². The second-order valence-corrected chi connectivity index (χ2v) is 5.94. The Balaban J connectivity index is 2.53. The molecule has 1 aliphatic heterocycles. The molecule has 126 valence electrons. The Bertz CT molecular complexity index is 403. The van der Waals surface area contributed by atoms with Gasteiger partial charge in [-0.05, 0) is 25.2 Å². The number of amides is 2. The van der Waals surface area contributed by atoms with Crippen LogP contribution in [0.4, 0.5) is 4.79 Å². The lowest BCUT2D eigenvalue weighted by Gasteiger charge is -2.32. The monoisotopic (exact) mass is 314 g/mol. The summed E-state index contributed by atoms with van der Waals surface area (Å²) in [6, 6.07) is -0.935. The van der Waals surface area contributed by atoms with Crippen molar-refractivity contribution in [3.63, 3.8) is 0 Å². The van der Waals surface area contributed by atoms with Gasteiger partial charge in [-0.15, -0.1) is 0 Å². The van der Waals surface area contributed by atoms with Gasteiger partial charge in [0.1, 0.15) is 6.04 Å². The zero-order chi connectivity index (χ0) is 16.7. The standard InChI is InChI=1S/C15H26N2O5/c1-10(2)9-12(14(19)22-4)16-15(20)17-7-5-11(6-8-17)13(18)21-3/h10-12H,5-9H2,1-4H3,(H,16,20). The Morgan fingerprint density at radius 3 is 2.18 bits per heavy atom. The minimum atomic E-state index is -0.643. The van der Waals surface area contributed by atoms with Crippen molar-refractivity contribution < 1.29 is 23.9 Å². The summed E-state index contributed by atoms with van der Waals surface area (Å²) in [5.74, 6) is -0.561. The van der Waals surface area contributed by atoms with E-state index < -0.39 is 12.0 Å². The second kappa shape index (κ2) is 8.60. The fourth-order valence-electron chi connectivity index (χ4n) is 2.55. The van der Waals surface area contributed by atoms with Gasteiger partial charge in [0.2, 0.25) is 0 Å². The van der Waals surface area contributed by atoms with Gasteiger partial charge in [-0.25, -0.2) is 9.59 Å². The normalized spacial score (nSPS) is 17.0. The Morgan fingerprint density at radius 1 is 1.14 bits per heavy atom. The lowest BCUT2D eigenvalue weighted by Crippen LogP contribution is -2.51. The zero-order valence-corrected chi connectivity index (χ0v) is 13.8. The number of likely N-dealkylation sites (tertiary alicyclic amines) is 1. The number of esters is 2. The Morgan fingerprint density at radius 2 is 1.73 bits per heavy atom. The van der Waals surface area contributed by atoms with Gasteiger partial charge in [0.05, 0.1) is 20.1 Å². The van der Waals surface area contributed by atoms with Crippen LogP contribution in [0.5, 0.6) is 0 Å². The van der Waals surface area contributed by atoms with Gasteiger partial charge < -0.3 is 19.7 Å².